The second-order valence-corrected chi connectivity index (χ2v) is 6.42. The van der Waals surface area contributed by atoms with Gasteiger partial charge in [-0.15, -0.1) is 0 Å². The molecule has 1 aliphatic rings. The molecule has 1 aliphatic heterocycles. The van der Waals surface area contributed by atoms with E-state index in [2.05, 4.69) is 10.1 Å². The third-order valence-electron chi connectivity index (χ3n) is 4.74. The molecule has 0 unspecified atom stereocenters. The average Bonchev–Trinajstić information content (AvgIpc) is 3.22. The number of para-hydroxylation sites is 1. The quantitative estimate of drug-likeness (QED) is 0.503. The van der Waals surface area contributed by atoms with Crippen LogP contribution in [-0.4, -0.2) is 20.7 Å². The van der Waals surface area contributed by atoms with Gasteiger partial charge in [0.25, 0.3) is 0 Å². The van der Waals surface area contributed by atoms with Gasteiger partial charge in [0.15, 0.2) is 5.65 Å². The van der Waals surface area contributed by atoms with Crippen LogP contribution >= 0.6 is 0 Å². The number of ether oxygens (including phenoxy) is 1. The Balaban J connectivity index is 1.90. The molecule has 0 N–H and O–H groups in total. The molecule has 2 aromatic carbocycles. The molecule has 0 saturated carbocycles. The predicted molar refractivity (Wildman–Crippen MR) is 98.1 cm³/mol. The number of hydrogen-bond donors (Lipinski definition) is 0. The molecule has 0 aliphatic carbocycles. The average molecular weight is 359 g/mol. The summed E-state index contributed by atoms with van der Waals surface area (Å²) < 4.78 is 20.4. The first-order chi connectivity index (χ1) is 13.1. The van der Waals surface area contributed by atoms with Crippen LogP contribution in [0.25, 0.3) is 27.8 Å². The third-order valence-corrected chi connectivity index (χ3v) is 4.74. The molecule has 0 spiro atoms. The smallest absolute Gasteiger partial charge is 0.341 e. The van der Waals surface area contributed by atoms with Crippen LogP contribution in [0, 0.1) is 12.7 Å². The van der Waals surface area contributed by atoms with Gasteiger partial charge in [-0.2, -0.15) is 5.10 Å². The van der Waals surface area contributed by atoms with Crippen LogP contribution in [-0.2, 0) is 11.3 Å². The maximum atomic E-state index is 13.5. The molecule has 6 heteroatoms. The number of carbonyl (C=O) groups is 1. The molecule has 2 aromatic heterocycles. The number of cyclic esters (lactones) is 1. The number of carbonyl (C=O) groups excluding carboxylic acids is 1. The molecule has 0 bridgehead atoms. The van der Waals surface area contributed by atoms with E-state index in [0.717, 1.165) is 22.3 Å². The summed E-state index contributed by atoms with van der Waals surface area (Å²) in [7, 11) is 0. The van der Waals surface area contributed by atoms with E-state index in [1.807, 2.05) is 37.3 Å². The Morgan fingerprint density at radius 1 is 1.04 bits per heavy atom. The highest BCUT2D eigenvalue weighted by Gasteiger charge is 2.31. The molecule has 5 nitrogen and oxygen atoms in total. The van der Waals surface area contributed by atoms with E-state index in [1.165, 1.54) is 12.1 Å². The van der Waals surface area contributed by atoms with E-state index in [9.17, 15) is 9.18 Å². The molecule has 132 valence electrons. The summed E-state index contributed by atoms with van der Waals surface area (Å²) in [5.41, 5.74) is 4.69. The van der Waals surface area contributed by atoms with Gasteiger partial charge in [-0.1, -0.05) is 30.3 Å². The number of pyridine rings is 1. The number of hydrogen-bond acceptors (Lipinski definition) is 4. The number of halogens is 1. The first-order valence-corrected chi connectivity index (χ1v) is 8.54. The molecular formula is C21H14FN3O2. The van der Waals surface area contributed by atoms with Crippen molar-refractivity contribution in [3.63, 3.8) is 0 Å². The van der Waals surface area contributed by atoms with Gasteiger partial charge >= 0.3 is 5.97 Å². The van der Waals surface area contributed by atoms with E-state index in [-0.39, 0.29) is 12.4 Å². The molecule has 0 fully saturated rings. The largest absolute Gasteiger partial charge is 0.455 e. The van der Waals surface area contributed by atoms with Crippen molar-refractivity contribution < 1.29 is 13.9 Å². The van der Waals surface area contributed by atoms with Crippen LogP contribution in [0.3, 0.4) is 0 Å². The maximum Gasteiger partial charge on any atom is 0.341 e. The zero-order valence-electron chi connectivity index (χ0n) is 14.4. The Labute approximate surface area is 154 Å². The lowest BCUT2D eigenvalue weighted by atomic mass is 9.95. The Kier molecular flexibility index (Phi) is 3.33. The summed E-state index contributed by atoms with van der Waals surface area (Å²) in [6.45, 7) is 2.00. The van der Waals surface area contributed by atoms with Gasteiger partial charge < -0.3 is 4.74 Å². The summed E-state index contributed by atoms with van der Waals surface area (Å²) in [6, 6.07) is 15.8. The number of benzene rings is 2. The Morgan fingerprint density at radius 2 is 1.78 bits per heavy atom. The van der Waals surface area contributed by atoms with E-state index in [0.29, 0.717) is 22.5 Å². The molecule has 3 heterocycles. The molecular weight excluding hydrogens is 345 g/mol. The first-order valence-electron chi connectivity index (χ1n) is 8.54. The van der Waals surface area contributed by atoms with Crippen molar-refractivity contribution in [2.75, 3.05) is 0 Å². The van der Waals surface area contributed by atoms with Crippen molar-refractivity contribution >= 4 is 17.0 Å². The van der Waals surface area contributed by atoms with Gasteiger partial charge in [0.05, 0.1) is 28.0 Å². The second kappa shape index (κ2) is 5.74. The maximum absolute atomic E-state index is 13.5. The molecule has 4 aromatic rings. The summed E-state index contributed by atoms with van der Waals surface area (Å²) in [5, 5.41) is 5.42. The zero-order valence-corrected chi connectivity index (χ0v) is 14.4. The molecule has 0 saturated heterocycles. The summed E-state index contributed by atoms with van der Waals surface area (Å²) in [4.78, 5) is 17.1. The lowest BCUT2D eigenvalue weighted by Crippen LogP contribution is -2.02. The predicted octanol–water partition coefficient (Wildman–Crippen LogP) is 4.21. The first kappa shape index (κ1) is 15.7. The van der Waals surface area contributed by atoms with E-state index >= 15 is 0 Å². The summed E-state index contributed by atoms with van der Waals surface area (Å²) >= 11 is 0. The summed E-state index contributed by atoms with van der Waals surface area (Å²) in [5.74, 6) is -0.745. The van der Waals surface area contributed by atoms with Crippen LogP contribution in [0.2, 0.25) is 0 Å². The molecule has 0 atom stereocenters. The van der Waals surface area contributed by atoms with E-state index in [4.69, 9.17) is 4.74 Å². The highest BCUT2D eigenvalue weighted by molar-refractivity contribution is 6.09. The normalized spacial score (nSPS) is 13.0. The minimum Gasteiger partial charge on any atom is -0.455 e. The highest BCUT2D eigenvalue weighted by Crippen LogP contribution is 2.38. The minimum atomic E-state index is -0.411. The SMILES string of the molecule is Cc1nn(-c2ccccc2)c2nc3c(c(-c4ccc(F)cc4)c12)C(=O)OC3. The minimum absolute atomic E-state index is 0.122. The molecule has 0 amide bonds. The number of esters is 1. The fourth-order valence-electron chi connectivity index (χ4n) is 3.55. The van der Waals surface area contributed by atoms with Crippen LogP contribution in [0.4, 0.5) is 4.39 Å². The number of aryl methyl sites for hydroxylation is 1. The number of rotatable bonds is 2. The van der Waals surface area contributed by atoms with Crippen molar-refractivity contribution in [3.8, 4) is 16.8 Å². The van der Waals surface area contributed by atoms with Gasteiger partial charge in [0, 0.05) is 5.56 Å². The third kappa shape index (κ3) is 2.33. The van der Waals surface area contributed by atoms with Gasteiger partial charge in [0.2, 0.25) is 0 Å². The Hall–Kier alpha value is -3.54. The summed E-state index contributed by atoms with van der Waals surface area (Å²) in [6.07, 6.45) is 0. The molecule has 0 radical (unpaired) electrons. The van der Waals surface area contributed by atoms with Crippen molar-refractivity contribution in [2.24, 2.45) is 0 Å². The number of aromatic nitrogens is 3. The number of nitrogens with zero attached hydrogens (tertiary/aromatic N) is 3. The van der Waals surface area contributed by atoms with Crippen molar-refractivity contribution in [2.45, 2.75) is 13.5 Å². The van der Waals surface area contributed by atoms with Crippen LogP contribution in [0.1, 0.15) is 21.7 Å². The van der Waals surface area contributed by atoms with Gasteiger partial charge in [0.1, 0.15) is 12.4 Å². The standard InChI is InChI=1S/C21H14FN3O2/c1-12-17-18(13-7-9-14(22)10-8-13)19-16(11-27-21(19)26)23-20(17)25(24-12)15-5-3-2-4-6-15/h2-10H,11H2,1H3. The van der Waals surface area contributed by atoms with E-state index < -0.39 is 5.97 Å². The molecule has 5 rings (SSSR count). The van der Waals surface area contributed by atoms with Crippen LogP contribution < -0.4 is 0 Å². The monoisotopic (exact) mass is 359 g/mol. The van der Waals surface area contributed by atoms with Gasteiger partial charge in [-0.3, -0.25) is 0 Å². The number of fused-ring (bicyclic) bond motifs is 2. The fraction of sp³-hybridized carbons (Fsp3) is 0.0952. The van der Waals surface area contributed by atoms with Gasteiger partial charge in [-0.05, 0) is 36.8 Å². The van der Waals surface area contributed by atoms with Crippen molar-refractivity contribution in [1.82, 2.24) is 14.8 Å². The lowest BCUT2D eigenvalue weighted by molar-refractivity contribution is 0.0534. The van der Waals surface area contributed by atoms with Crippen LogP contribution in [0.15, 0.2) is 54.6 Å². The van der Waals surface area contributed by atoms with E-state index in [1.54, 1.807) is 16.8 Å². The highest BCUT2D eigenvalue weighted by atomic mass is 19.1. The topological polar surface area (TPSA) is 57.0 Å². The van der Waals surface area contributed by atoms with Crippen molar-refractivity contribution in [3.05, 3.63) is 77.4 Å². The molecule has 27 heavy (non-hydrogen) atoms. The second-order valence-electron chi connectivity index (χ2n) is 6.42. The van der Waals surface area contributed by atoms with Crippen molar-refractivity contribution in [1.29, 1.82) is 0 Å². The zero-order chi connectivity index (χ0) is 18.5. The Bertz CT molecular complexity index is 1200. The fourth-order valence-corrected chi connectivity index (χ4v) is 3.55. The van der Waals surface area contributed by atoms with Crippen LogP contribution in [0.5, 0.6) is 0 Å². The Morgan fingerprint density at radius 3 is 2.52 bits per heavy atom. The lowest BCUT2D eigenvalue weighted by Gasteiger charge is -2.09. The van der Waals surface area contributed by atoms with Gasteiger partial charge in [-0.25, -0.2) is 18.9 Å².